The molecular weight excluding hydrogens is 242 g/mol. The average Bonchev–Trinajstić information content (AvgIpc) is 1.59. The predicted octanol–water partition coefficient (Wildman–Crippen LogP) is -5.86. The van der Waals surface area contributed by atoms with Crippen molar-refractivity contribution in [3.05, 3.63) is 0 Å². The molecule has 0 aliphatic rings. The van der Waals surface area contributed by atoms with E-state index in [4.69, 9.17) is 33.6 Å². The van der Waals surface area contributed by atoms with E-state index in [1.54, 1.807) is 0 Å². The summed E-state index contributed by atoms with van der Waals surface area (Å²) in [4.78, 5) is 52.9. The Hall–Kier alpha value is 2.35. The standard InChI is InChI=1S/CH6O4Si.K.Li.H4O4Si.2H/c1-5-6(2,3)4;;;1-5(2,3)4;;/h2-4H,1H3;;;1-4H;;. The molecule has 12 heteroatoms. The van der Waals surface area contributed by atoms with E-state index in [1.165, 1.54) is 0 Å². The molecule has 74 valence electrons. The first-order chi connectivity index (χ1) is 4.56. The zero-order chi connectivity index (χ0) is 9.71. The van der Waals surface area contributed by atoms with Crippen molar-refractivity contribution in [2.45, 2.75) is 0 Å². The summed E-state index contributed by atoms with van der Waals surface area (Å²) in [5, 5.41) is 0. The first-order valence-corrected chi connectivity index (χ1v) is 5.72. The van der Waals surface area contributed by atoms with E-state index in [1.807, 2.05) is 0 Å². The van der Waals surface area contributed by atoms with Crippen molar-refractivity contribution in [3.63, 3.8) is 0 Å². The van der Waals surface area contributed by atoms with E-state index in [0.29, 0.717) is 0 Å². The van der Waals surface area contributed by atoms with Gasteiger partial charge in [0.05, 0.1) is 0 Å². The van der Waals surface area contributed by atoms with Gasteiger partial charge in [-0.3, -0.25) is 0 Å². The molecule has 0 heterocycles. The maximum atomic E-state index is 7.85. The summed E-state index contributed by atoms with van der Waals surface area (Å²) >= 11 is 0. The number of hydrogen-bond donors (Lipinski definition) is 7. The Kier molecular flexibility index (Phi) is 20.5. The van der Waals surface area contributed by atoms with E-state index in [2.05, 4.69) is 4.43 Å². The third-order valence-electron chi connectivity index (χ3n) is 0.274. The first-order valence-electron chi connectivity index (χ1n) is 2.18. The van der Waals surface area contributed by atoms with E-state index in [-0.39, 0.29) is 70.2 Å². The number of rotatable bonds is 1. The molecule has 0 saturated heterocycles. The summed E-state index contributed by atoms with van der Waals surface area (Å²) < 4.78 is 3.74. The minimum absolute atomic E-state index is 0. The summed E-state index contributed by atoms with van der Waals surface area (Å²) in [6.45, 7) is 0. The van der Waals surface area contributed by atoms with Gasteiger partial charge in [-0.2, -0.15) is 0 Å². The van der Waals surface area contributed by atoms with Crippen LogP contribution in [0.4, 0.5) is 0 Å². The van der Waals surface area contributed by atoms with Gasteiger partial charge in [-0.05, 0) is 0 Å². The van der Waals surface area contributed by atoms with Gasteiger partial charge in [0.1, 0.15) is 0 Å². The van der Waals surface area contributed by atoms with Crippen LogP contribution in [0.2, 0.25) is 0 Å². The molecule has 0 spiro atoms. The molecule has 0 amide bonds. The van der Waals surface area contributed by atoms with Crippen molar-refractivity contribution in [3.8, 4) is 0 Å². The van der Waals surface area contributed by atoms with Crippen LogP contribution in [0.1, 0.15) is 0 Å². The molecule has 7 N–H and O–H groups in total. The summed E-state index contributed by atoms with van der Waals surface area (Å²) in [6, 6.07) is 0. The summed E-state index contributed by atoms with van der Waals surface area (Å²) in [5.41, 5.74) is 0. The van der Waals surface area contributed by atoms with Crippen LogP contribution in [-0.4, -0.2) is 129 Å². The Morgan fingerprint density at radius 2 is 0.923 bits per heavy atom. The molecule has 13 heavy (non-hydrogen) atoms. The van der Waals surface area contributed by atoms with Crippen LogP contribution >= 0.6 is 0 Å². The molecule has 0 atom stereocenters. The van der Waals surface area contributed by atoms with Crippen molar-refractivity contribution in [2.24, 2.45) is 0 Å². The van der Waals surface area contributed by atoms with Crippen molar-refractivity contribution < 1.29 is 38.0 Å². The van der Waals surface area contributed by atoms with Gasteiger partial charge >= 0.3 is 88.3 Å². The molecule has 0 fully saturated rings. The van der Waals surface area contributed by atoms with Crippen molar-refractivity contribution >= 4 is 88.3 Å². The van der Waals surface area contributed by atoms with Crippen molar-refractivity contribution in [1.82, 2.24) is 0 Å². The van der Waals surface area contributed by atoms with Crippen LogP contribution < -0.4 is 0 Å². The van der Waals surface area contributed by atoms with E-state index < -0.39 is 18.1 Å². The summed E-state index contributed by atoms with van der Waals surface area (Å²) in [6.07, 6.45) is 0. The zero-order valence-electron chi connectivity index (χ0n) is 5.54. The van der Waals surface area contributed by atoms with E-state index >= 15 is 0 Å². The Morgan fingerprint density at radius 3 is 0.923 bits per heavy atom. The molecule has 0 aliphatic carbocycles. The van der Waals surface area contributed by atoms with Crippen LogP contribution in [0.5, 0.6) is 0 Å². The molecule has 0 aromatic carbocycles. The molecule has 8 nitrogen and oxygen atoms in total. The molecule has 0 bridgehead atoms. The topological polar surface area (TPSA) is 151 Å². The van der Waals surface area contributed by atoms with Crippen LogP contribution in [0.15, 0.2) is 0 Å². The van der Waals surface area contributed by atoms with Gasteiger partial charge in [0.2, 0.25) is 0 Å². The SMILES string of the molecule is CO[Si](O)(O)O.O[Si](O)(O)O.[KH].[LiH]. The third kappa shape index (κ3) is 76.5. The van der Waals surface area contributed by atoms with E-state index in [0.717, 1.165) is 7.11 Å². The fourth-order valence-electron chi connectivity index (χ4n) is 0. The van der Waals surface area contributed by atoms with Gasteiger partial charge in [-0.25, -0.2) is 0 Å². The van der Waals surface area contributed by atoms with Gasteiger partial charge in [-0.15, -0.1) is 0 Å². The second-order valence-electron chi connectivity index (χ2n) is 1.38. The van der Waals surface area contributed by atoms with Crippen molar-refractivity contribution in [1.29, 1.82) is 0 Å². The Balaban J connectivity index is -0.0000000546. The fraction of sp³-hybridized carbons (Fsp3) is 1.00. The van der Waals surface area contributed by atoms with Gasteiger partial charge < -0.3 is 38.0 Å². The third-order valence-corrected chi connectivity index (χ3v) is 0.822. The molecule has 0 aliphatic heterocycles. The van der Waals surface area contributed by atoms with Crippen LogP contribution in [0.25, 0.3) is 0 Å². The Morgan fingerprint density at radius 1 is 0.846 bits per heavy atom. The Bertz CT molecular complexity index is 93.3. The fourth-order valence-corrected chi connectivity index (χ4v) is 0. The maximum absolute atomic E-state index is 7.85. The average molecular weight is 254 g/mol. The second kappa shape index (κ2) is 10.9. The molecule has 0 rings (SSSR count). The monoisotopic (exact) mass is 254 g/mol. The summed E-state index contributed by atoms with van der Waals surface area (Å²) in [7, 11) is -7.72. The second-order valence-corrected chi connectivity index (χ2v) is 4.13. The molecular formula is CH12KLiO8Si2. The molecule has 0 unspecified atom stereocenters. The predicted molar refractivity (Wildman–Crippen MR) is 48.3 cm³/mol. The molecule has 0 radical (unpaired) electrons. The molecule has 0 saturated carbocycles. The first kappa shape index (κ1) is 24.5. The summed E-state index contributed by atoms with van der Waals surface area (Å²) in [5.74, 6) is 0. The molecule has 0 aromatic rings. The zero-order valence-corrected chi connectivity index (χ0v) is 7.54. The number of hydrogen-bond acceptors (Lipinski definition) is 8. The van der Waals surface area contributed by atoms with Crippen LogP contribution in [0, 0.1) is 0 Å². The van der Waals surface area contributed by atoms with Gasteiger partial charge in [0.15, 0.2) is 0 Å². The van der Waals surface area contributed by atoms with Crippen LogP contribution in [0.3, 0.4) is 0 Å². The quantitative estimate of drug-likeness (QED) is 0.229. The Labute approximate surface area is 131 Å². The molecule has 0 aromatic heterocycles. The van der Waals surface area contributed by atoms with Gasteiger partial charge in [0, 0.05) is 7.11 Å². The van der Waals surface area contributed by atoms with Crippen molar-refractivity contribution in [2.75, 3.05) is 7.11 Å². The minimum atomic E-state index is -4.61. The van der Waals surface area contributed by atoms with Gasteiger partial charge in [0.25, 0.3) is 0 Å². The van der Waals surface area contributed by atoms with Gasteiger partial charge in [-0.1, -0.05) is 0 Å². The van der Waals surface area contributed by atoms with E-state index in [9.17, 15) is 0 Å². The normalized spacial score (nSPS) is 10.2. The van der Waals surface area contributed by atoms with Crippen LogP contribution in [-0.2, 0) is 4.43 Å².